The largest absolute Gasteiger partial charge is 0.481 e. The van der Waals surface area contributed by atoms with Crippen molar-refractivity contribution in [2.45, 2.75) is 71.0 Å². The third-order valence-corrected chi connectivity index (χ3v) is 5.38. The second-order valence-corrected chi connectivity index (χ2v) is 7.34. The molecule has 2 fully saturated rings. The smallest absolute Gasteiger partial charge is 0.308 e. The standard InChI is InChI=1S/C16H28N2O3/c1-5-16(3,4)18-14(19)9(2)17-13-11-7-6-10(8-11)12(13)15(20)21/h9-13,17H,5-8H2,1-4H3,(H,18,19)(H,20,21). The summed E-state index contributed by atoms with van der Waals surface area (Å²) < 4.78 is 0. The molecule has 21 heavy (non-hydrogen) atoms. The minimum atomic E-state index is -0.721. The van der Waals surface area contributed by atoms with E-state index >= 15 is 0 Å². The SMILES string of the molecule is CCC(C)(C)NC(=O)C(C)NC1C2CCC(C2)C1C(=O)O. The number of carboxylic acids is 1. The van der Waals surface area contributed by atoms with Gasteiger partial charge in [0.2, 0.25) is 5.91 Å². The minimum Gasteiger partial charge on any atom is -0.481 e. The third kappa shape index (κ3) is 3.39. The Kier molecular flexibility index (Phi) is 4.61. The van der Waals surface area contributed by atoms with Gasteiger partial charge in [-0.2, -0.15) is 0 Å². The van der Waals surface area contributed by atoms with E-state index in [0.717, 1.165) is 25.7 Å². The summed E-state index contributed by atoms with van der Waals surface area (Å²) >= 11 is 0. The second kappa shape index (κ2) is 5.95. The van der Waals surface area contributed by atoms with Crippen LogP contribution in [0.15, 0.2) is 0 Å². The molecule has 2 saturated carbocycles. The van der Waals surface area contributed by atoms with Crippen LogP contribution in [0.3, 0.4) is 0 Å². The fourth-order valence-corrected chi connectivity index (χ4v) is 3.78. The number of nitrogens with one attached hydrogen (secondary N) is 2. The first-order valence-electron chi connectivity index (χ1n) is 8.06. The summed E-state index contributed by atoms with van der Waals surface area (Å²) in [5.41, 5.74) is -0.228. The number of carbonyl (C=O) groups excluding carboxylic acids is 1. The van der Waals surface area contributed by atoms with E-state index in [1.807, 2.05) is 27.7 Å². The molecule has 2 bridgehead atoms. The Morgan fingerprint density at radius 1 is 1.29 bits per heavy atom. The molecule has 120 valence electrons. The molecule has 1 amide bonds. The molecule has 0 radical (unpaired) electrons. The summed E-state index contributed by atoms with van der Waals surface area (Å²) in [6.45, 7) is 7.85. The van der Waals surface area contributed by atoms with Gasteiger partial charge in [-0.15, -0.1) is 0 Å². The van der Waals surface area contributed by atoms with Crippen molar-refractivity contribution in [1.29, 1.82) is 0 Å². The van der Waals surface area contributed by atoms with Crippen molar-refractivity contribution < 1.29 is 14.7 Å². The summed E-state index contributed by atoms with van der Waals surface area (Å²) in [4.78, 5) is 23.8. The zero-order chi connectivity index (χ0) is 15.8. The van der Waals surface area contributed by atoms with Gasteiger partial charge in [0.05, 0.1) is 12.0 Å². The van der Waals surface area contributed by atoms with Crippen molar-refractivity contribution in [2.24, 2.45) is 17.8 Å². The molecular formula is C16H28N2O3. The Morgan fingerprint density at radius 3 is 2.48 bits per heavy atom. The first-order valence-corrected chi connectivity index (χ1v) is 8.06. The number of fused-ring (bicyclic) bond motifs is 2. The number of amides is 1. The Hall–Kier alpha value is -1.10. The molecule has 5 heteroatoms. The van der Waals surface area contributed by atoms with Gasteiger partial charge in [-0.3, -0.25) is 9.59 Å². The number of aliphatic carboxylic acids is 1. The van der Waals surface area contributed by atoms with Crippen LogP contribution < -0.4 is 10.6 Å². The highest BCUT2D eigenvalue weighted by atomic mass is 16.4. The lowest BCUT2D eigenvalue weighted by molar-refractivity contribution is -0.145. The number of carbonyl (C=O) groups is 2. The normalized spacial score (nSPS) is 33.0. The molecule has 0 saturated heterocycles. The minimum absolute atomic E-state index is 0.0474. The van der Waals surface area contributed by atoms with Gasteiger partial charge in [0.1, 0.15) is 0 Å². The van der Waals surface area contributed by atoms with E-state index < -0.39 is 5.97 Å². The van der Waals surface area contributed by atoms with E-state index in [2.05, 4.69) is 10.6 Å². The molecule has 2 rings (SSSR count). The number of carboxylic acid groups (broad SMARTS) is 1. The second-order valence-electron chi connectivity index (χ2n) is 7.34. The molecule has 0 spiro atoms. The van der Waals surface area contributed by atoms with Gasteiger partial charge < -0.3 is 15.7 Å². The maximum Gasteiger partial charge on any atom is 0.308 e. The molecule has 0 heterocycles. The highest BCUT2D eigenvalue weighted by Gasteiger charge is 2.51. The Labute approximate surface area is 126 Å². The number of hydrogen-bond acceptors (Lipinski definition) is 3. The zero-order valence-corrected chi connectivity index (χ0v) is 13.5. The van der Waals surface area contributed by atoms with Gasteiger partial charge in [0.25, 0.3) is 0 Å². The van der Waals surface area contributed by atoms with Crippen LogP contribution in [-0.2, 0) is 9.59 Å². The highest BCUT2D eigenvalue weighted by molar-refractivity contribution is 5.82. The summed E-state index contributed by atoms with van der Waals surface area (Å²) in [5.74, 6) is -0.411. The molecule has 0 aliphatic heterocycles. The quantitative estimate of drug-likeness (QED) is 0.698. The van der Waals surface area contributed by atoms with Gasteiger partial charge in [0.15, 0.2) is 0 Å². The summed E-state index contributed by atoms with van der Waals surface area (Å²) in [6, 6.07) is -0.422. The Bertz CT molecular complexity index is 422. The predicted molar refractivity (Wildman–Crippen MR) is 80.9 cm³/mol. The molecule has 0 aromatic carbocycles. The highest BCUT2D eigenvalue weighted by Crippen LogP contribution is 2.48. The van der Waals surface area contributed by atoms with Crippen molar-refractivity contribution >= 4 is 11.9 Å². The van der Waals surface area contributed by atoms with E-state index in [4.69, 9.17) is 0 Å². The van der Waals surface area contributed by atoms with Crippen LogP contribution in [0.5, 0.6) is 0 Å². The lowest BCUT2D eigenvalue weighted by Gasteiger charge is -2.33. The van der Waals surface area contributed by atoms with Crippen LogP contribution in [-0.4, -0.2) is 34.6 Å². The maximum absolute atomic E-state index is 12.3. The van der Waals surface area contributed by atoms with Crippen molar-refractivity contribution in [1.82, 2.24) is 10.6 Å². The average molecular weight is 296 g/mol. The van der Waals surface area contributed by atoms with E-state index in [-0.39, 0.29) is 35.4 Å². The van der Waals surface area contributed by atoms with Crippen LogP contribution in [0.2, 0.25) is 0 Å². The topological polar surface area (TPSA) is 78.4 Å². The summed E-state index contributed by atoms with van der Waals surface area (Å²) in [7, 11) is 0. The number of hydrogen-bond donors (Lipinski definition) is 3. The zero-order valence-electron chi connectivity index (χ0n) is 13.5. The van der Waals surface area contributed by atoms with E-state index in [1.165, 1.54) is 0 Å². The van der Waals surface area contributed by atoms with Crippen LogP contribution in [0.25, 0.3) is 0 Å². The van der Waals surface area contributed by atoms with Crippen molar-refractivity contribution in [3.05, 3.63) is 0 Å². The molecule has 5 nitrogen and oxygen atoms in total. The van der Waals surface area contributed by atoms with Crippen LogP contribution in [0.4, 0.5) is 0 Å². The molecule has 5 unspecified atom stereocenters. The van der Waals surface area contributed by atoms with Crippen LogP contribution in [0, 0.1) is 17.8 Å². The molecule has 0 aromatic heterocycles. The molecule has 2 aliphatic rings. The summed E-state index contributed by atoms with van der Waals surface area (Å²) in [5, 5.41) is 15.8. The number of rotatable bonds is 6. The predicted octanol–water partition coefficient (Wildman–Crippen LogP) is 1.77. The average Bonchev–Trinajstić information content (AvgIpc) is 2.98. The van der Waals surface area contributed by atoms with Crippen molar-refractivity contribution in [2.75, 3.05) is 0 Å². The van der Waals surface area contributed by atoms with Gasteiger partial charge in [0, 0.05) is 11.6 Å². The fourth-order valence-electron chi connectivity index (χ4n) is 3.78. The van der Waals surface area contributed by atoms with E-state index in [1.54, 1.807) is 0 Å². The molecule has 0 aromatic rings. The monoisotopic (exact) mass is 296 g/mol. The molecule has 3 N–H and O–H groups in total. The molecule has 2 aliphatic carbocycles. The van der Waals surface area contributed by atoms with E-state index in [0.29, 0.717) is 5.92 Å². The Balaban J connectivity index is 1.97. The van der Waals surface area contributed by atoms with Crippen molar-refractivity contribution in [3.8, 4) is 0 Å². The lowest BCUT2D eigenvalue weighted by atomic mass is 9.84. The first kappa shape index (κ1) is 16.3. The first-order chi connectivity index (χ1) is 9.75. The van der Waals surface area contributed by atoms with Crippen molar-refractivity contribution in [3.63, 3.8) is 0 Å². The summed E-state index contributed by atoms with van der Waals surface area (Å²) in [6.07, 6.45) is 3.95. The van der Waals surface area contributed by atoms with Gasteiger partial charge in [-0.25, -0.2) is 0 Å². The van der Waals surface area contributed by atoms with Gasteiger partial charge in [-0.1, -0.05) is 6.92 Å². The fraction of sp³-hybridized carbons (Fsp3) is 0.875. The van der Waals surface area contributed by atoms with Gasteiger partial charge >= 0.3 is 5.97 Å². The van der Waals surface area contributed by atoms with Crippen LogP contribution in [0.1, 0.15) is 53.4 Å². The van der Waals surface area contributed by atoms with Gasteiger partial charge in [-0.05, 0) is 58.3 Å². The molecular weight excluding hydrogens is 268 g/mol. The Morgan fingerprint density at radius 2 is 1.90 bits per heavy atom. The lowest BCUT2D eigenvalue weighted by Crippen LogP contribution is -2.55. The molecule has 5 atom stereocenters. The van der Waals surface area contributed by atoms with Crippen LogP contribution >= 0.6 is 0 Å². The van der Waals surface area contributed by atoms with E-state index in [9.17, 15) is 14.7 Å². The third-order valence-electron chi connectivity index (χ3n) is 5.38. The maximum atomic E-state index is 12.3.